The number of nitrogens with zero attached hydrogens (tertiary/aromatic N) is 1. The first kappa shape index (κ1) is 13.9. The van der Waals surface area contributed by atoms with Gasteiger partial charge in [0.2, 0.25) is 0 Å². The van der Waals surface area contributed by atoms with Gasteiger partial charge in [-0.2, -0.15) is 0 Å². The summed E-state index contributed by atoms with van der Waals surface area (Å²) < 4.78 is 14.1. The van der Waals surface area contributed by atoms with Gasteiger partial charge < -0.3 is 18.7 Å². The van der Waals surface area contributed by atoms with Crippen LogP contribution in [0.25, 0.3) is 11.0 Å². The number of ether oxygens (including phenoxy) is 1. The van der Waals surface area contributed by atoms with Gasteiger partial charge in [-0.25, -0.2) is 0 Å². The van der Waals surface area contributed by atoms with E-state index in [1.165, 1.54) is 0 Å². The lowest BCUT2D eigenvalue weighted by atomic mass is 10.2. The molecule has 1 aromatic carbocycles. The van der Waals surface area contributed by atoms with Crippen molar-refractivity contribution < 1.29 is 9.15 Å². The van der Waals surface area contributed by atoms with E-state index in [9.17, 15) is 0 Å². The van der Waals surface area contributed by atoms with E-state index in [1.807, 2.05) is 44.2 Å². The smallest absolute Gasteiger partial charge is 0.178 e. The number of hydrogen-bond acceptors (Lipinski definition) is 3. The SMILES string of the molecule is CCOc1cccc2c1[nH]c(=S)n2C(C)c1ccc(C)o1. The monoisotopic (exact) mass is 302 g/mol. The third-order valence-corrected chi connectivity index (χ3v) is 3.87. The number of nitrogens with one attached hydrogen (secondary N) is 1. The van der Waals surface area contributed by atoms with Crippen LogP contribution in [0, 0.1) is 11.7 Å². The molecule has 3 aromatic rings. The fourth-order valence-corrected chi connectivity index (χ4v) is 2.95. The topological polar surface area (TPSA) is 43.1 Å². The minimum absolute atomic E-state index is 0.0248. The van der Waals surface area contributed by atoms with Crippen molar-refractivity contribution in [2.45, 2.75) is 26.8 Å². The Hall–Kier alpha value is -2.01. The molecular formula is C16H18N2O2S. The summed E-state index contributed by atoms with van der Waals surface area (Å²) in [6.07, 6.45) is 0. The largest absolute Gasteiger partial charge is 0.492 e. The minimum atomic E-state index is 0.0248. The number of fused-ring (bicyclic) bond motifs is 1. The van der Waals surface area contributed by atoms with Crippen molar-refractivity contribution in [2.24, 2.45) is 0 Å². The molecule has 0 aliphatic carbocycles. The molecule has 0 saturated heterocycles. The number of imidazole rings is 1. The number of H-pyrrole nitrogens is 1. The van der Waals surface area contributed by atoms with Gasteiger partial charge in [-0.1, -0.05) is 6.07 Å². The predicted molar refractivity (Wildman–Crippen MR) is 85.5 cm³/mol. The first-order chi connectivity index (χ1) is 10.1. The Bertz CT molecular complexity index is 828. The molecule has 2 heterocycles. The Morgan fingerprint density at radius 3 is 2.81 bits per heavy atom. The second-order valence-electron chi connectivity index (χ2n) is 5.01. The zero-order valence-electron chi connectivity index (χ0n) is 12.3. The van der Waals surface area contributed by atoms with Gasteiger partial charge in [0.25, 0.3) is 0 Å². The highest BCUT2D eigenvalue weighted by molar-refractivity contribution is 7.71. The van der Waals surface area contributed by atoms with Gasteiger partial charge in [0.1, 0.15) is 22.8 Å². The third-order valence-electron chi connectivity index (χ3n) is 3.57. The van der Waals surface area contributed by atoms with Crippen molar-refractivity contribution in [3.8, 4) is 5.75 Å². The highest BCUT2D eigenvalue weighted by Gasteiger charge is 2.17. The maximum absolute atomic E-state index is 5.74. The summed E-state index contributed by atoms with van der Waals surface area (Å²) in [6.45, 7) is 6.61. The van der Waals surface area contributed by atoms with Crippen LogP contribution in [-0.4, -0.2) is 16.2 Å². The van der Waals surface area contributed by atoms with Crippen molar-refractivity contribution in [3.63, 3.8) is 0 Å². The number of aromatic amines is 1. The number of rotatable bonds is 4. The molecule has 1 N–H and O–H groups in total. The minimum Gasteiger partial charge on any atom is -0.492 e. The second kappa shape index (κ2) is 5.41. The molecule has 3 rings (SSSR count). The normalized spacial score (nSPS) is 12.7. The van der Waals surface area contributed by atoms with Crippen LogP contribution in [0.4, 0.5) is 0 Å². The molecule has 2 aromatic heterocycles. The van der Waals surface area contributed by atoms with E-state index < -0.39 is 0 Å². The molecule has 5 heteroatoms. The summed E-state index contributed by atoms with van der Waals surface area (Å²) in [5.41, 5.74) is 1.95. The summed E-state index contributed by atoms with van der Waals surface area (Å²) >= 11 is 5.49. The maximum atomic E-state index is 5.74. The van der Waals surface area contributed by atoms with Gasteiger partial charge in [-0.15, -0.1) is 0 Å². The molecule has 0 aliphatic rings. The molecule has 0 radical (unpaired) electrons. The lowest BCUT2D eigenvalue weighted by molar-refractivity contribution is 0.343. The lowest BCUT2D eigenvalue weighted by Crippen LogP contribution is -2.05. The fourth-order valence-electron chi connectivity index (χ4n) is 2.59. The van der Waals surface area contributed by atoms with Gasteiger partial charge >= 0.3 is 0 Å². The van der Waals surface area contributed by atoms with Gasteiger partial charge in [-0.05, 0) is 57.3 Å². The number of aryl methyl sites for hydroxylation is 1. The van der Waals surface area contributed by atoms with Crippen LogP contribution in [-0.2, 0) is 0 Å². The number of furan rings is 1. The molecule has 110 valence electrons. The highest BCUT2D eigenvalue weighted by Crippen LogP contribution is 2.30. The molecule has 0 fully saturated rings. The van der Waals surface area contributed by atoms with Crippen LogP contribution in [0.2, 0.25) is 0 Å². The molecule has 0 aliphatic heterocycles. The van der Waals surface area contributed by atoms with E-state index >= 15 is 0 Å². The number of benzene rings is 1. The van der Waals surface area contributed by atoms with Crippen molar-refractivity contribution >= 4 is 23.3 Å². The number of aromatic nitrogens is 2. The Balaban J connectivity index is 2.16. The van der Waals surface area contributed by atoms with E-state index in [-0.39, 0.29) is 6.04 Å². The molecule has 1 atom stereocenters. The van der Waals surface area contributed by atoms with E-state index in [0.29, 0.717) is 11.4 Å². The van der Waals surface area contributed by atoms with Crippen LogP contribution in [0.3, 0.4) is 0 Å². The molecule has 1 unspecified atom stereocenters. The van der Waals surface area contributed by atoms with Gasteiger partial charge in [0.15, 0.2) is 4.77 Å². The zero-order valence-corrected chi connectivity index (χ0v) is 13.2. The van der Waals surface area contributed by atoms with Gasteiger partial charge in [-0.3, -0.25) is 0 Å². The Kier molecular flexibility index (Phi) is 3.59. The summed E-state index contributed by atoms with van der Waals surface area (Å²) in [5, 5.41) is 0. The molecular weight excluding hydrogens is 284 g/mol. The van der Waals surface area contributed by atoms with Crippen molar-refractivity contribution in [3.05, 3.63) is 46.6 Å². The molecule has 0 bridgehead atoms. The maximum Gasteiger partial charge on any atom is 0.178 e. The Labute approximate surface area is 128 Å². The zero-order chi connectivity index (χ0) is 15.0. The van der Waals surface area contributed by atoms with Crippen LogP contribution >= 0.6 is 12.2 Å². The summed E-state index contributed by atoms with van der Waals surface area (Å²) in [7, 11) is 0. The van der Waals surface area contributed by atoms with E-state index in [0.717, 1.165) is 28.3 Å². The van der Waals surface area contributed by atoms with Crippen molar-refractivity contribution in [1.82, 2.24) is 9.55 Å². The van der Waals surface area contributed by atoms with Crippen LogP contribution < -0.4 is 4.74 Å². The second-order valence-corrected chi connectivity index (χ2v) is 5.39. The van der Waals surface area contributed by atoms with Crippen LogP contribution in [0.5, 0.6) is 5.75 Å². The summed E-state index contributed by atoms with van der Waals surface area (Å²) in [5.74, 6) is 2.62. The molecule has 21 heavy (non-hydrogen) atoms. The van der Waals surface area contributed by atoms with E-state index in [4.69, 9.17) is 21.4 Å². The molecule has 4 nitrogen and oxygen atoms in total. The molecule has 0 saturated carbocycles. The van der Waals surface area contributed by atoms with Crippen molar-refractivity contribution in [2.75, 3.05) is 6.61 Å². The summed E-state index contributed by atoms with van der Waals surface area (Å²) in [4.78, 5) is 3.25. The standard InChI is InChI=1S/C16H18N2O2S/c1-4-19-14-7-5-6-12-15(14)17-16(21)18(12)11(3)13-9-8-10(2)20-13/h5-9,11H,4H2,1-3H3,(H,17,21). The first-order valence-electron chi connectivity index (χ1n) is 7.04. The predicted octanol–water partition coefficient (Wildman–Crippen LogP) is 4.61. The first-order valence-corrected chi connectivity index (χ1v) is 7.45. The molecule has 0 amide bonds. The van der Waals surface area contributed by atoms with Gasteiger partial charge in [0, 0.05) is 0 Å². The summed E-state index contributed by atoms with van der Waals surface area (Å²) in [6, 6.07) is 9.95. The lowest BCUT2D eigenvalue weighted by Gasteiger charge is -2.12. The van der Waals surface area contributed by atoms with Crippen LogP contribution in [0.15, 0.2) is 34.7 Å². The Morgan fingerprint density at radius 1 is 1.33 bits per heavy atom. The average molecular weight is 302 g/mol. The quantitative estimate of drug-likeness (QED) is 0.716. The van der Waals surface area contributed by atoms with Crippen molar-refractivity contribution in [1.29, 1.82) is 0 Å². The number of para-hydroxylation sites is 1. The van der Waals surface area contributed by atoms with E-state index in [2.05, 4.69) is 16.5 Å². The van der Waals surface area contributed by atoms with Gasteiger partial charge in [0.05, 0.1) is 18.2 Å². The van der Waals surface area contributed by atoms with Crippen LogP contribution in [0.1, 0.15) is 31.4 Å². The van der Waals surface area contributed by atoms with E-state index in [1.54, 1.807) is 0 Å². The fraction of sp³-hybridized carbons (Fsp3) is 0.312. The third kappa shape index (κ3) is 2.38. The Morgan fingerprint density at radius 2 is 2.14 bits per heavy atom. The number of hydrogen-bond donors (Lipinski definition) is 1. The average Bonchev–Trinajstić information content (AvgIpc) is 3.02. The molecule has 0 spiro atoms. The highest BCUT2D eigenvalue weighted by atomic mass is 32.1.